The van der Waals surface area contributed by atoms with Gasteiger partial charge < -0.3 is 10.6 Å². The molecule has 4 heteroatoms. The smallest absolute Gasteiger partial charge is 0.225 e. The molecule has 1 fully saturated rings. The van der Waals surface area contributed by atoms with E-state index in [0.29, 0.717) is 6.04 Å². The van der Waals surface area contributed by atoms with E-state index in [1.807, 2.05) is 13.0 Å². The average Bonchev–Trinajstić information content (AvgIpc) is 2.51. The zero-order chi connectivity index (χ0) is 17.1. The van der Waals surface area contributed by atoms with Crippen molar-refractivity contribution < 1.29 is 0 Å². The summed E-state index contributed by atoms with van der Waals surface area (Å²) in [6.45, 7) is 8.42. The third-order valence-corrected chi connectivity index (χ3v) is 4.72. The Morgan fingerprint density at radius 3 is 2.21 bits per heavy atom. The van der Waals surface area contributed by atoms with Gasteiger partial charge in [0.2, 0.25) is 5.95 Å². The maximum absolute atomic E-state index is 4.69. The van der Waals surface area contributed by atoms with E-state index in [4.69, 9.17) is 4.98 Å². The van der Waals surface area contributed by atoms with Gasteiger partial charge in [0.1, 0.15) is 5.82 Å². The highest BCUT2D eigenvalue weighted by molar-refractivity contribution is 5.66. The lowest BCUT2D eigenvalue weighted by molar-refractivity contribution is 0.461. The Kier molecular flexibility index (Phi) is 5.03. The van der Waals surface area contributed by atoms with E-state index in [2.05, 4.69) is 48.5 Å². The Morgan fingerprint density at radius 2 is 1.54 bits per heavy atom. The third kappa shape index (κ3) is 4.05. The van der Waals surface area contributed by atoms with E-state index in [9.17, 15) is 0 Å². The molecule has 1 aliphatic carbocycles. The van der Waals surface area contributed by atoms with E-state index in [1.165, 1.54) is 48.8 Å². The molecule has 3 rings (SSSR count). The molecule has 1 aliphatic rings. The number of aryl methyl sites for hydroxylation is 4. The van der Waals surface area contributed by atoms with Gasteiger partial charge in [0.25, 0.3) is 0 Å². The molecule has 2 aromatic rings. The normalized spacial score (nSPS) is 15.3. The molecule has 24 heavy (non-hydrogen) atoms. The number of benzene rings is 1. The Morgan fingerprint density at radius 1 is 0.875 bits per heavy atom. The summed E-state index contributed by atoms with van der Waals surface area (Å²) < 4.78 is 0. The quantitative estimate of drug-likeness (QED) is 0.811. The number of hydrogen-bond acceptors (Lipinski definition) is 4. The zero-order valence-corrected chi connectivity index (χ0v) is 15.2. The summed E-state index contributed by atoms with van der Waals surface area (Å²) in [6, 6.07) is 6.91. The SMILES string of the molecule is Cc1cc(C)c(Nc2cc(C)nc(NC3CCCCC3)n2)c(C)c1. The second kappa shape index (κ2) is 7.20. The summed E-state index contributed by atoms with van der Waals surface area (Å²) in [5, 5.41) is 7.02. The van der Waals surface area contributed by atoms with Gasteiger partial charge in [-0.3, -0.25) is 0 Å². The molecule has 128 valence electrons. The van der Waals surface area contributed by atoms with Crippen LogP contribution in [0.3, 0.4) is 0 Å². The lowest BCUT2D eigenvalue weighted by Crippen LogP contribution is -2.23. The van der Waals surface area contributed by atoms with Crippen molar-refractivity contribution in [1.29, 1.82) is 0 Å². The van der Waals surface area contributed by atoms with Crippen molar-refractivity contribution in [3.8, 4) is 0 Å². The molecule has 0 spiro atoms. The van der Waals surface area contributed by atoms with Gasteiger partial charge in [-0.15, -0.1) is 0 Å². The van der Waals surface area contributed by atoms with Crippen LogP contribution in [0.15, 0.2) is 18.2 Å². The predicted molar refractivity (Wildman–Crippen MR) is 101 cm³/mol. The molecule has 0 aliphatic heterocycles. The van der Waals surface area contributed by atoms with Gasteiger partial charge >= 0.3 is 0 Å². The molecule has 0 radical (unpaired) electrons. The molecule has 0 atom stereocenters. The van der Waals surface area contributed by atoms with E-state index in [1.54, 1.807) is 0 Å². The van der Waals surface area contributed by atoms with Crippen LogP contribution in [0.2, 0.25) is 0 Å². The molecule has 2 N–H and O–H groups in total. The lowest BCUT2D eigenvalue weighted by atomic mass is 9.96. The first-order valence-electron chi connectivity index (χ1n) is 8.98. The number of rotatable bonds is 4. The van der Waals surface area contributed by atoms with Crippen LogP contribution in [-0.2, 0) is 0 Å². The second-order valence-corrected chi connectivity index (χ2v) is 7.10. The molecule has 1 aromatic heterocycles. The highest BCUT2D eigenvalue weighted by atomic mass is 15.2. The summed E-state index contributed by atoms with van der Waals surface area (Å²) >= 11 is 0. The summed E-state index contributed by atoms with van der Waals surface area (Å²) in [4.78, 5) is 9.26. The molecule has 1 heterocycles. The molecule has 1 saturated carbocycles. The predicted octanol–water partition coefficient (Wildman–Crippen LogP) is 5.20. The van der Waals surface area contributed by atoms with Crippen molar-refractivity contribution in [3.05, 3.63) is 40.6 Å². The minimum atomic E-state index is 0.510. The Bertz CT molecular complexity index is 695. The van der Waals surface area contributed by atoms with E-state index in [-0.39, 0.29) is 0 Å². The Balaban J connectivity index is 1.81. The fourth-order valence-corrected chi connectivity index (χ4v) is 3.63. The molecule has 1 aromatic carbocycles. The highest BCUT2D eigenvalue weighted by Gasteiger charge is 2.15. The molecular weight excluding hydrogens is 296 g/mol. The van der Waals surface area contributed by atoms with Crippen LogP contribution < -0.4 is 10.6 Å². The number of aromatic nitrogens is 2. The van der Waals surface area contributed by atoms with Gasteiger partial charge in [-0.2, -0.15) is 4.98 Å². The number of anilines is 3. The third-order valence-electron chi connectivity index (χ3n) is 4.72. The average molecular weight is 324 g/mol. The minimum absolute atomic E-state index is 0.510. The maximum Gasteiger partial charge on any atom is 0.225 e. The van der Waals surface area contributed by atoms with Crippen LogP contribution in [0.4, 0.5) is 17.5 Å². The monoisotopic (exact) mass is 324 g/mol. The largest absolute Gasteiger partial charge is 0.351 e. The van der Waals surface area contributed by atoms with Gasteiger partial charge in [-0.05, 0) is 51.7 Å². The van der Waals surface area contributed by atoms with Crippen LogP contribution >= 0.6 is 0 Å². The maximum atomic E-state index is 4.69. The molecule has 4 nitrogen and oxygen atoms in total. The lowest BCUT2D eigenvalue weighted by Gasteiger charge is -2.23. The molecule has 0 bridgehead atoms. The first-order valence-corrected chi connectivity index (χ1v) is 8.98. The van der Waals surface area contributed by atoms with Gasteiger partial charge in [0.05, 0.1) is 0 Å². The fraction of sp³-hybridized carbons (Fsp3) is 0.500. The van der Waals surface area contributed by atoms with E-state index < -0.39 is 0 Å². The fourth-order valence-electron chi connectivity index (χ4n) is 3.63. The first-order chi connectivity index (χ1) is 11.5. The summed E-state index contributed by atoms with van der Waals surface area (Å²) in [7, 11) is 0. The molecular formula is C20H28N4. The van der Waals surface area contributed by atoms with Crippen molar-refractivity contribution in [2.75, 3.05) is 10.6 Å². The Labute approximate surface area is 145 Å². The van der Waals surface area contributed by atoms with E-state index >= 15 is 0 Å². The van der Waals surface area contributed by atoms with Gasteiger partial charge in [0, 0.05) is 23.5 Å². The Hall–Kier alpha value is -2.10. The minimum Gasteiger partial charge on any atom is -0.351 e. The molecule has 0 amide bonds. The summed E-state index contributed by atoms with van der Waals surface area (Å²) in [5.74, 6) is 1.60. The summed E-state index contributed by atoms with van der Waals surface area (Å²) in [6.07, 6.45) is 6.39. The standard InChI is InChI=1S/C20H28N4/c1-13-10-14(2)19(15(3)11-13)23-18-12-16(4)21-20(24-18)22-17-8-6-5-7-9-17/h10-12,17H,5-9H2,1-4H3,(H2,21,22,23,24). The second-order valence-electron chi connectivity index (χ2n) is 7.10. The van der Waals surface area contributed by atoms with Crippen molar-refractivity contribution in [1.82, 2.24) is 9.97 Å². The van der Waals surface area contributed by atoms with Crippen molar-refractivity contribution in [2.45, 2.75) is 65.8 Å². The highest BCUT2D eigenvalue weighted by Crippen LogP contribution is 2.26. The van der Waals surface area contributed by atoms with Crippen LogP contribution in [0.25, 0.3) is 0 Å². The van der Waals surface area contributed by atoms with Crippen molar-refractivity contribution >= 4 is 17.5 Å². The zero-order valence-electron chi connectivity index (χ0n) is 15.2. The summed E-state index contributed by atoms with van der Waals surface area (Å²) in [5.41, 5.74) is 5.89. The van der Waals surface area contributed by atoms with Crippen LogP contribution in [-0.4, -0.2) is 16.0 Å². The van der Waals surface area contributed by atoms with Crippen molar-refractivity contribution in [2.24, 2.45) is 0 Å². The van der Waals surface area contributed by atoms with Crippen LogP contribution in [0.5, 0.6) is 0 Å². The molecule has 0 saturated heterocycles. The number of hydrogen-bond donors (Lipinski definition) is 2. The van der Waals surface area contributed by atoms with Gasteiger partial charge in [-0.1, -0.05) is 37.0 Å². The van der Waals surface area contributed by atoms with Crippen molar-refractivity contribution in [3.63, 3.8) is 0 Å². The number of nitrogens with zero attached hydrogens (tertiary/aromatic N) is 2. The van der Waals surface area contributed by atoms with Gasteiger partial charge in [-0.25, -0.2) is 4.98 Å². The number of nitrogens with one attached hydrogen (secondary N) is 2. The van der Waals surface area contributed by atoms with Crippen LogP contribution in [0.1, 0.15) is 54.5 Å². The first kappa shape index (κ1) is 16.7. The van der Waals surface area contributed by atoms with E-state index in [0.717, 1.165) is 23.1 Å². The van der Waals surface area contributed by atoms with Crippen LogP contribution in [0, 0.1) is 27.7 Å². The topological polar surface area (TPSA) is 49.8 Å². The van der Waals surface area contributed by atoms with Gasteiger partial charge in [0.15, 0.2) is 0 Å². The molecule has 0 unspecified atom stereocenters.